The van der Waals surface area contributed by atoms with E-state index in [9.17, 15) is 9.59 Å². The monoisotopic (exact) mass is 366 g/mol. The molecule has 1 saturated heterocycles. The van der Waals surface area contributed by atoms with Crippen LogP contribution < -0.4 is 4.90 Å². The quantitative estimate of drug-likeness (QED) is 0.659. The number of carboxylic acids is 1. The fourth-order valence-electron chi connectivity index (χ4n) is 2.27. The van der Waals surface area contributed by atoms with E-state index in [0.717, 1.165) is 17.3 Å². The number of carbonyl (C=O) groups excluding carboxylic acids is 1. The van der Waals surface area contributed by atoms with Gasteiger partial charge in [-0.05, 0) is 42.0 Å². The van der Waals surface area contributed by atoms with Crippen molar-refractivity contribution in [3.8, 4) is 6.07 Å². The Kier molecular flexibility index (Phi) is 4.65. The molecule has 1 N–H and O–H groups in total. The van der Waals surface area contributed by atoms with Gasteiger partial charge in [-0.15, -0.1) is 0 Å². The van der Waals surface area contributed by atoms with E-state index in [1.807, 2.05) is 6.07 Å². The van der Waals surface area contributed by atoms with Gasteiger partial charge in [0.2, 0.25) is 0 Å². The number of hydrogen-bond acceptors (Lipinski definition) is 5. The van der Waals surface area contributed by atoms with Crippen molar-refractivity contribution >= 4 is 51.9 Å². The van der Waals surface area contributed by atoms with E-state index in [1.165, 1.54) is 17.0 Å². The van der Waals surface area contributed by atoms with E-state index in [2.05, 4.69) is 0 Å². The molecule has 3 rings (SSSR count). The summed E-state index contributed by atoms with van der Waals surface area (Å²) >= 11 is 6.43. The molecule has 0 spiro atoms. The van der Waals surface area contributed by atoms with Crippen molar-refractivity contribution in [2.45, 2.75) is 0 Å². The maximum absolute atomic E-state index is 12.7. The van der Waals surface area contributed by atoms with Gasteiger partial charge in [0, 0.05) is 0 Å². The maximum Gasteiger partial charge on any atom is 0.335 e. The van der Waals surface area contributed by atoms with Crippen molar-refractivity contribution in [3.63, 3.8) is 0 Å². The number of nitrogens with zero attached hydrogens (tertiary/aromatic N) is 2. The number of benzene rings is 2. The van der Waals surface area contributed by atoms with Crippen molar-refractivity contribution in [1.82, 2.24) is 0 Å². The summed E-state index contributed by atoms with van der Waals surface area (Å²) in [6, 6.07) is 14.9. The molecule has 0 unspecified atom stereocenters. The van der Waals surface area contributed by atoms with Crippen molar-refractivity contribution < 1.29 is 14.7 Å². The number of thiocarbonyl (C=S) groups is 1. The van der Waals surface area contributed by atoms with Gasteiger partial charge in [-0.1, -0.05) is 42.2 Å². The Morgan fingerprint density at radius 3 is 2.60 bits per heavy atom. The van der Waals surface area contributed by atoms with Crippen molar-refractivity contribution in [2.75, 3.05) is 4.90 Å². The van der Waals surface area contributed by atoms with E-state index < -0.39 is 5.97 Å². The molecule has 0 aromatic heterocycles. The lowest BCUT2D eigenvalue weighted by Gasteiger charge is -2.14. The van der Waals surface area contributed by atoms with Crippen LogP contribution in [0.4, 0.5) is 5.69 Å². The smallest absolute Gasteiger partial charge is 0.335 e. The first-order chi connectivity index (χ1) is 12.0. The first-order valence-electron chi connectivity index (χ1n) is 7.11. The molecule has 25 heavy (non-hydrogen) atoms. The summed E-state index contributed by atoms with van der Waals surface area (Å²) in [5, 5.41) is 17.9. The van der Waals surface area contributed by atoms with E-state index in [1.54, 1.807) is 42.5 Å². The second kappa shape index (κ2) is 6.89. The molecule has 2 aromatic carbocycles. The molecule has 0 aliphatic carbocycles. The average Bonchev–Trinajstić information content (AvgIpc) is 2.89. The molecule has 1 fully saturated rings. The van der Waals surface area contributed by atoms with Gasteiger partial charge in [0.25, 0.3) is 5.91 Å². The van der Waals surface area contributed by atoms with E-state index in [0.29, 0.717) is 20.5 Å². The fraction of sp³-hybridized carbons (Fsp3) is 0. The van der Waals surface area contributed by atoms with Gasteiger partial charge in [0.05, 0.1) is 27.8 Å². The lowest BCUT2D eigenvalue weighted by molar-refractivity contribution is -0.113. The third kappa shape index (κ3) is 3.45. The molecule has 1 amide bonds. The zero-order valence-electron chi connectivity index (χ0n) is 12.7. The second-order valence-corrected chi connectivity index (χ2v) is 6.78. The summed E-state index contributed by atoms with van der Waals surface area (Å²) in [6.07, 6.45) is 1.70. The van der Waals surface area contributed by atoms with Gasteiger partial charge in [-0.2, -0.15) is 5.26 Å². The van der Waals surface area contributed by atoms with Crippen LogP contribution in [0.25, 0.3) is 6.08 Å². The molecular weight excluding hydrogens is 356 g/mol. The lowest BCUT2D eigenvalue weighted by atomic mass is 10.1. The number of amides is 1. The zero-order valence-corrected chi connectivity index (χ0v) is 14.3. The highest BCUT2D eigenvalue weighted by Crippen LogP contribution is 2.36. The largest absolute Gasteiger partial charge is 0.478 e. The van der Waals surface area contributed by atoms with E-state index in [4.69, 9.17) is 22.6 Å². The molecule has 1 heterocycles. The molecule has 1 aliphatic heterocycles. The van der Waals surface area contributed by atoms with Gasteiger partial charge in [0.1, 0.15) is 0 Å². The molecule has 2 aromatic rings. The van der Waals surface area contributed by atoms with Gasteiger partial charge >= 0.3 is 5.97 Å². The Morgan fingerprint density at radius 2 is 1.96 bits per heavy atom. The number of hydrogen-bond donors (Lipinski definition) is 1. The molecule has 0 atom stereocenters. The fourth-order valence-corrected chi connectivity index (χ4v) is 3.57. The maximum atomic E-state index is 12.7. The number of carboxylic acid groups (broad SMARTS) is 1. The Labute approximate surface area is 153 Å². The van der Waals surface area contributed by atoms with Crippen LogP contribution in [0.2, 0.25) is 0 Å². The molecule has 7 heteroatoms. The van der Waals surface area contributed by atoms with E-state index in [-0.39, 0.29) is 11.5 Å². The zero-order chi connectivity index (χ0) is 18.0. The molecule has 0 radical (unpaired) electrons. The predicted molar refractivity (Wildman–Crippen MR) is 100 cm³/mol. The first-order valence-corrected chi connectivity index (χ1v) is 8.33. The van der Waals surface area contributed by atoms with Crippen LogP contribution >= 0.6 is 24.0 Å². The van der Waals surface area contributed by atoms with Crippen molar-refractivity contribution in [2.24, 2.45) is 0 Å². The summed E-state index contributed by atoms with van der Waals surface area (Å²) in [4.78, 5) is 25.5. The third-order valence-corrected chi connectivity index (χ3v) is 4.78. The van der Waals surface area contributed by atoms with Crippen molar-refractivity contribution in [3.05, 3.63) is 70.1 Å². The lowest BCUT2D eigenvalue weighted by Crippen LogP contribution is -2.27. The Balaban J connectivity index is 1.92. The number of aromatic carboxylic acids is 1. The minimum Gasteiger partial charge on any atom is -0.478 e. The minimum absolute atomic E-state index is 0.0858. The molecule has 0 bridgehead atoms. The highest BCUT2D eigenvalue weighted by atomic mass is 32.2. The highest BCUT2D eigenvalue weighted by Gasteiger charge is 2.33. The SMILES string of the molecule is N#Cc1ccc(/C=C2\SC(=S)N(c3cccc(C(=O)O)c3)C2=O)cc1. The number of thioether (sulfide) groups is 1. The van der Waals surface area contributed by atoms with Crippen LogP contribution in [0.3, 0.4) is 0 Å². The number of anilines is 1. The first kappa shape index (κ1) is 16.9. The molecular formula is C18H10N2O3S2. The van der Waals surface area contributed by atoms with Crippen LogP contribution in [0, 0.1) is 11.3 Å². The Morgan fingerprint density at radius 1 is 1.24 bits per heavy atom. The third-order valence-electron chi connectivity index (χ3n) is 3.48. The predicted octanol–water partition coefficient (Wildman–Crippen LogP) is 3.66. The average molecular weight is 366 g/mol. The second-order valence-electron chi connectivity index (χ2n) is 5.11. The number of nitriles is 1. The number of carbonyl (C=O) groups is 2. The van der Waals surface area contributed by atoms with Gasteiger partial charge in [-0.3, -0.25) is 9.69 Å². The van der Waals surface area contributed by atoms with Gasteiger partial charge in [0.15, 0.2) is 4.32 Å². The van der Waals surface area contributed by atoms with Gasteiger partial charge < -0.3 is 5.11 Å². The molecule has 1 aliphatic rings. The number of rotatable bonds is 3. The summed E-state index contributed by atoms with van der Waals surface area (Å²) in [7, 11) is 0. The minimum atomic E-state index is -1.07. The molecule has 0 saturated carbocycles. The molecule has 122 valence electrons. The van der Waals surface area contributed by atoms with Crippen LogP contribution in [0.15, 0.2) is 53.4 Å². The van der Waals surface area contributed by atoms with Crippen molar-refractivity contribution in [1.29, 1.82) is 5.26 Å². The highest BCUT2D eigenvalue weighted by molar-refractivity contribution is 8.27. The van der Waals surface area contributed by atoms with Gasteiger partial charge in [-0.25, -0.2) is 4.79 Å². The summed E-state index contributed by atoms with van der Waals surface area (Å²) < 4.78 is 0.340. The Hall–Kier alpha value is -2.95. The standard InChI is InChI=1S/C18H10N2O3S2/c19-10-12-6-4-11(5-7-12)8-15-16(21)20(18(24)25-15)14-3-1-2-13(9-14)17(22)23/h1-9H,(H,22,23)/b15-8-. The van der Waals surface area contributed by atoms with E-state index >= 15 is 0 Å². The van der Waals surface area contributed by atoms with Crippen LogP contribution in [0.1, 0.15) is 21.5 Å². The topological polar surface area (TPSA) is 81.4 Å². The summed E-state index contributed by atoms with van der Waals surface area (Å²) in [5.41, 5.74) is 1.82. The van der Waals surface area contributed by atoms with Crippen LogP contribution in [-0.2, 0) is 4.79 Å². The summed E-state index contributed by atoms with van der Waals surface area (Å²) in [6.45, 7) is 0. The van der Waals surface area contributed by atoms with Crippen LogP contribution in [0.5, 0.6) is 0 Å². The summed E-state index contributed by atoms with van der Waals surface area (Å²) in [5.74, 6) is -1.37. The Bertz CT molecular complexity index is 959. The van der Waals surface area contributed by atoms with Crippen LogP contribution in [-0.4, -0.2) is 21.3 Å². The normalized spacial score (nSPS) is 15.5. The molecule has 5 nitrogen and oxygen atoms in total.